The molecule has 0 amide bonds. The summed E-state index contributed by atoms with van der Waals surface area (Å²) in [7, 11) is 1.58. The molecule has 0 atom stereocenters. The molecular formula is C24H21N3O3S3. The molecule has 0 radical (unpaired) electrons. The Kier molecular flexibility index (Phi) is 6.27. The van der Waals surface area contributed by atoms with Crippen LogP contribution in [0.15, 0.2) is 57.3 Å². The van der Waals surface area contributed by atoms with Gasteiger partial charge in [-0.15, -0.1) is 23.1 Å². The van der Waals surface area contributed by atoms with Gasteiger partial charge in [0.2, 0.25) is 0 Å². The van der Waals surface area contributed by atoms with Crippen LogP contribution in [0.3, 0.4) is 0 Å². The quantitative estimate of drug-likeness (QED) is 0.271. The first-order valence-corrected chi connectivity index (χ1v) is 13.2. The van der Waals surface area contributed by atoms with Gasteiger partial charge in [-0.3, -0.25) is 14.2 Å². The van der Waals surface area contributed by atoms with Crippen LogP contribution in [0.4, 0.5) is 0 Å². The number of aryl methyl sites for hydroxylation is 2. The van der Waals surface area contributed by atoms with E-state index in [0.717, 1.165) is 33.1 Å². The van der Waals surface area contributed by atoms with Crippen LogP contribution < -0.4 is 10.3 Å². The number of thioether (sulfide) groups is 2. The maximum atomic E-state index is 13.4. The van der Waals surface area contributed by atoms with Crippen molar-refractivity contribution in [2.45, 2.75) is 29.8 Å². The van der Waals surface area contributed by atoms with E-state index in [0.29, 0.717) is 21.5 Å². The normalized spacial score (nSPS) is 12.8. The number of fused-ring (bicyclic) bond motifs is 2. The van der Waals surface area contributed by atoms with Gasteiger partial charge in [0.25, 0.3) is 5.56 Å². The average Bonchev–Trinajstić information content (AvgIpc) is 3.44. The fourth-order valence-corrected chi connectivity index (χ4v) is 6.74. The van der Waals surface area contributed by atoms with E-state index in [1.165, 1.54) is 29.1 Å². The Labute approximate surface area is 203 Å². The molecule has 168 valence electrons. The number of carbonyl (C=O) groups is 1. The fourth-order valence-electron chi connectivity index (χ4n) is 3.74. The molecule has 2 aromatic carbocycles. The standard InChI is InChI=1S/C24H21N3O3S3/c1-14-7-8-16-20(11-14)33-21(25-16)12-15(28)13-32-24-26-17-9-10-31-22(17)23(29)27(24)18-5-3-4-6-19(18)30-2/h3-8,11H,9-10,12-13H2,1-2H3. The van der Waals surface area contributed by atoms with Gasteiger partial charge in [0.15, 0.2) is 5.16 Å². The van der Waals surface area contributed by atoms with Gasteiger partial charge in [0.05, 0.1) is 45.8 Å². The summed E-state index contributed by atoms with van der Waals surface area (Å²) in [6.45, 7) is 2.05. The smallest absolute Gasteiger partial charge is 0.272 e. The SMILES string of the molecule is COc1ccccc1-n1c(SCC(=O)Cc2nc3ccc(C)cc3s2)nc2c(c1=O)SCC2. The summed E-state index contributed by atoms with van der Waals surface area (Å²) < 4.78 is 8.16. The number of para-hydroxylation sites is 2. The van der Waals surface area contributed by atoms with E-state index in [9.17, 15) is 9.59 Å². The first-order chi connectivity index (χ1) is 16.0. The van der Waals surface area contributed by atoms with Crippen LogP contribution in [-0.4, -0.2) is 38.9 Å². The average molecular weight is 496 g/mol. The molecular weight excluding hydrogens is 474 g/mol. The lowest BCUT2D eigenvalue weighted by molar-refractivity contribution is -0.116. The molecule has 2 aromatic heterocycles. The molecule has 0 saturated carbocycles. The fraction of sp³-hybridized carbons (Fsp3) is 0.250. The third-order valence-electron chi connectivity index (χ3n) is 5.29. The zero-order valence-corrected chi connectivity index (χ0v) is 20.6. The van der Waals surface area contributed by atoms with Gasteiger partial charge in [-0.05, 0) is 36.8 Å². The molecule has 1 aliphatic rings. The van der Waals surface area contributed by atoms with Gasteiger partial charge in [-0.25, -0.2) is 9.97 Å². The predicted molar refractivity (Wildman–Crippen MR) is 135 cm³/mol. The number of hydrogen-bond acceptors (Lipinski definition) is 8. The lowest BCUT2D eigenvalue weighted by atomic mass is 10.2. The van der Waals surface area contributed by atoms with Gasteiger partial charge >= 0.3 is 0 Å². The Hall–Kier alpha value is -2.62. The molecule has 6 nitrogen and oxygen atoms in total. The van der Waals surface area contributed by atoms with Crippen LogP contribution in [-0.2, 0) is 17.6 Å². The maximum Gasteiger partial charge on any atom is 0.272 e. The summed E-state index contributed by atoms with van der Waals surface area (Å²) >= 11 is 4.38. The number of hydrogen-bond donors (Lipinski definition) is 0. The van der Waals surface area contributed by atoms with Crippen LogP contribution >= 0.6 is 34.9 Å². The third-order valence-corrected chi connectivity index (χ3v) is 8.42. The van der Waals surface area contributed by atoms with Gasteiger partial charge < -0.3 is 4.74 Å². The second-order valence-corrected chi connectivity index (χ2v) is 10.8. The number of Topliss-reactive ketones (excluding diaryl/α,β-unsaturated/α-hetero) is 1. The molecule has 0 saturated heterocycles. The number of benzene rings is 2. The van der Waals surface area contributed by atoms with Crippen molar-refractivity contribution in [2.75, 3.05) is 18.6 Å². The highest BCUT2D eigenvalue weighted by Gasteiger charge is 2.24. The molecule has 0 spiro atoms. The largest absolute Gasteiger partial charge is 0.495 e. The number of methoxy groups -OCH3 is 1. The number of ketones is 1. The zero-order valence-electron chi connectivity index (χ0n) is 18.2. The van der Waals surface area contributed by atoms with Crippen LogP contribution in [0.25, 0.3) is 15.9 Å². The van der Waals surface area contributed by atoms with E-state index in [1.807, 2.05) is 43.3 Å². The number of aromatic nitrogens is 3. The van der Waals surface area contributed by atoms with Crippen molar-refractivity contribution in [1.82, 2.24) is 14.5 Å². The van der Waals surface area contributed by atoms with Crippen molar-refractivity contribution in [3.05, 3.63) is 69.1 Å². The van der Waals surface area contributed by atoms with E-state index in [-0.39, 0.29) is 23.5 Å². The summed E-state index contributed by atoms with van der Waals surface area (Å²) in [4.78, 5) is 36.2. The minimum atomic E-state index is -0.108. The van der Waals surface area contributed by atoms with Crippen LogP contribution in [0.5, 0.6) is 5.75 Å². The molecule has 1 aliphatic heterocycles. The highest BCUT2D eigenvalue weighted by Crippen LogP contribution is 2.32. The van der Waals surface area contributed by atoms with Crippen molar-refractivity contribution in [2.24, 2.45) is 0 Å². The first kappa shape index (κ1) is 22.2. The van der Waals surface area contributed by atoms with Crippen molar-refractivity contribution in [3.8, 4) is 11.4 Å². The molecule has 0 bridgehead atoms. The second-order valence-electron chi connectivity index (χ2n) is 7.66. The Morgan fingerprint density at radius 3 is 2.91 bits per heavy atom. The Morgan fingerprint density at radius 2 is 2.06 bits per heavy atom. The first-order valence-electron chi connectivity index (χ1n) is 10.5. The highest BCUT2D eigenvalue weighted by atomic mass is 32.2. The topological polar surface area (TPSA) is 74.1 Å². The second kappa shape index (κ2) is 9.32. The van der Waals surface area contributed by atoms with E-state index in [4.69, 9.17) is 9.72 Å². The van der Waals surface area contributed by atoms with Gasteiger partial charge in [-0.1, -0.05) is 30.0 Å². The van der Waals surface area contributed by atoms with E-state index < -0.39 is 0 Å². The Morgan fingerprint density at radius 1 is 1.21 bits per heavy atom. The van der Waals surface area contributed by atoms with Crippen molar-refractivity contribution in [3.63, 3.8) is 0 Å². The number of rotatable bonds is 7. The van der Waals surface area contributed by atoms with Crippen molar-refractivity contribution >= 4 is 50.9 Å². The van der Waals surface area contributed by atoms with E-state index in [2.05, 4.69) is 11.1 Å². The molecule has 9 heteroatoms. The lowest BCUT2D eigenvalue weighted by Crippen LogP contribution is -2.24. The Balaban J connectivity index is 1.42. The summed E-state index contributed by atoms with van der Waals surface area (Å²) in [5.41, 5.74) is 3.43. The van der Waals surface area contributed by atoms with E-state index >= 15 is 0 Å². The zero-order chi connectivity index (χ0) is 22.9. The molecule has 4 aromatic rings. The summed E-state index contributed by atoms with van der Waals surface area (Å²) in [6.07, 6.45) is 1.03. The minimum Gasteiger partial charge on any atom is -0.495 e. The molecule has 3 heterocycles. The monoisotopic (exact) mass is 495 g/mol. The Bertz CT molecular complexity index is 1430. The van der Waals surface area contributed by atoms with Crippen LogP contribution in [0.1, 0.15) is 16.3 Å². The lowest BCUT2D eigenvalue weighted by Gasteiger charge is -2.15. The van der Waals surface area contributed by atoms with Gasteiger partial charge in [0, 0.05) is 12.2 Å². The third kappa shape index (κ3) is 4.45. The van der Waals surface area contributed by atoms with Gasteiger partial charge in [-0.2, -0.15) is 0 Å². The molecule has 0 unspecified atom stereocenters. The van der Waals surface area contributed by atoms with E-state index in [1.54, 1.807) is 23.0 Å². The minimum absolute atomic E-state index is 0.0477. The number of carbonyl (C=O) groups excluding carboxylic acids is 1. The predicted octanol–water partition coefficient (Wildman–Crippen LogP) is 4.71. The van der Waals surface area contributed by atoms with Crippen molar-refractivity contribution < 1.29 is 9.53 Å². The maximum absolute atomic E-state index is 13.4. The molecule has 0 aliphatic carbocycles. The number of nitrogens with zero attached hydrogens (tertiary/aromatic N) is 3. The highest BCUT2D eigenvalue weighted by molar-refractivity contribution is 8.00. The summed E-state index contributed by atoms with van der Waals surface area (Å²) in [6, 6.07) is 13.5. The summed E-state index contributed by atoms with van der Waals surface area (Å²) in [5.74, 6) is 1.68. The molecule has 0 fully saturated rings. The summed E-state index contributed by atoms with van der Waals surface area (Å²) in [5, 5.41) is 1.32. The number of ether oxygens (including phenoxy) is 1. The number of thiazole rings is 1. The molecule has 0 N–H and O–H groups in total. The molecule has 5 rings (SSSR count). The molecule has 33 heavy (non-hydrogen) atoms. The van der Waals surface area contributed by atoms with Crippen LogP contribution in [0, 0.1) is 6.92 Å². The van der Waals surface area contributed by atoms with Crippen molar-refractivity contribution in [1.29, 1.82) is 0 Å². The van der Waals surface area contributed by atoms with Gasteiger partial charge in [0.1, 0.15) is 16.5 Å². The van der Waals surface area contributed by atoms with Crippen LogP contribution in [0.2, 0.25) is 0 Å².